The van der Waals surface area contributed by atoms with E-state index in [0.29, 0.717) is 17.4 Å². The van der Waals surface area contributed by atoms with Crippen molar-refractivity contribution in [2.75, 3.05) is 0 Å². The fraction of sp³-hybridized carbons (Fsp3) is 0.600. The number of halogens is 1. The SMILES string of the molecule is CC(C)CCC1(C)C[C@H](O)c2cc(Cl)ccc2O1. The van der Waals surface area contributed by atoms with Crippen LogP contribution >= 0.6 is 11.6 Å². The van der Waals surface area contributed by atoms with E-state index in [1.54, 1.807) is 12.1 Å². The predicted molar refractivity (Wildman–Crippen MR) is 74.1 cm³/mol. The van der Waals surface area contributed by atoms with Crippen molar-refractivity contribution in [3.05, 3.63) is 28.8 Å². The van der Waals surface area contributed by atoms with Gasteiger partial charge in [-0.15, -0.1) is 0 Å². The van der Waals surface area contributed by atoms with Gasteiger partial charge >= 0.3 is 0 Å². The van der Waals surface area contributed by atoms with Gasteiger partial charge in [-0.3, -0.25) is 0 Å². The molecule has 0 saturated carbocycles. The first-order chi connectivity index (χ1) is 8.39. The van der Waals surface area contributed by atoms with Crippen molar-refractivity contribution in [3.8, 4) is 5.75 Å². The molecular weight excluding hydrogens is 248 g/mol. The molecule has 1 aromatic rings. The lowest BCUT2D eigenvalue weighted by molar-refractivity contribution is -0.0100. The molecule has 100 valence electrons. The molecule has 0 radical (unpaired) electrons. The van der Waals surface area contributed by atoms with Crippen molar-refractivity contribution in [2.45, 2.75) is 51.7 Å². The van der Waals surface area contributed by atoms with Crippen LogP contribution in [0.5, 0.6) is 5.75 Å². The summed E-state index contributed by atoms with van der Waals surface area (Å²) >= 11 is 5.95. The molecular formula is C15H21ClO2. The molecule has 1 aliphatic rings. The zero-order valence-electron chi connectivity index (χ0n) is 11.2. The van der Waals surface area contributed by atoms with Gasteiger partial charge in [0.05, 0.1) is 6.10 Å². The Bertz CT molecular complexity index is 431. The topological polar surface area (TPSA) is 29.5 Å². The molecule has 2 atom stereocenters. The minimum atomic E-state index is -0.482. The van der Waals surface area contributed by atoms with Crippen LogP contribution in [0.1, 0.15) is 51.7 Å². The summed E-state index contributed by atoms with van der Waals surface area (Å²) in [7, 11) is 0. The van der Waals surface area contributed by atoms with Gasteiger partial charge in [0.15, 0.2) is 0 Å². The lowest BCUT2D eigenvalue weighted by Gasteiger charge is -2.38. The molecule has 0 aliphatic carbocycles. The third-order valence-corrected chi connectivity index (χ3v) is 3.80. The Labute approximate surface area is 114 Å². The van der Waals surface area contributed by atoms with Gasteiger partial charge in [-0.2, -0.15) is 0 Å². The number of fused-ring (bicyclic) bond motifs is 1. The van der Waals surface area contributed by atoms with E-state index in [9.17, 15) is 5.11 Å². The van der Waals surface area contributed by atoms with Gasteiger partial charge in [-0.05, 0) is 43.9 Å². The molecule has 3 heteroatoms. The number of hydrogen-bond donors (Lipinski definition) is 1. The number of aliphatic hydroxyl groups is 1. The number of benzene rings is 1. The average Bonchev–Trinajstić information content (AvgIpc) is 2.28. The lowest BCUT2D eigenvalue weighted by atomic mass is 9.85. The van der Waals surface area contributed by atoms with Crippen molar-refractivity contribution in [1.82, 2.24) is 0 Å². The van der Waals surface area contributed by atoms with Gasteiger partial charge in [0.25, 0.3) is 0 Å². The van der Waals surface area contributed by atoms with Crippen LogP contribution in [-0.4, -0.2) is 10.7 Å². The van der Waals surface area contributed by atoms with Gasteiger partial charge in [-0.1, -0.05) is 25.4 Å². The number of ether oxygens (including phenoxy) is 1. The summed E-state index contributed by atoms with van der Waals surface area (Å²) in [4.78, 5) is 0. The van der Waals surface area contributed by atoms with Crippen LogP contribution in [0, 0.1) is 5.92 Å². The first-order valence-corrected chi connectivity index (χ1v) is 6.94. The van der Waals surface area contributed by atoms with Crippen molar-refractivity contribution in [3.63, 3.8) is 0 Å². The summed E-state index contributed by atoms with van der Waals surface area (Å²) in [6.45, 7) is 6.49. The molecule has 0 bridgehead atoms. The minimum Gasteiger partial charge on any atom is -0.487 e. The molecule has 1 aromatic carbocycles. The van der Waals surface area contributed by atoms with Crippen LogP contribution in [0.3, 0.4) is 0 Å². The van der Waals surface area contributed by atoms with E-state index in [1.165, 1.54) is 0 Å². The highest BCUT2D eigenvalue weighted by Crippen LogP contribution is 2.42. The van der Waals surface area contributed by atoms with Crippen molar-refractivity contribution in [2.24, 2.45) is 5.92 Å². The first kappa shape index (κ1) is 13.7. The summed E-state index contributed by atoms with van der Waals surface area (Å²) in [5.74, 6) is 1.42. The molecule has 0 saturated heterocycles. The van der Waals surface area contributed by atoms with Gasteiger partial charge in [0, 0.05) is 17.0 Å². The largest absolute Gasteiger partial charge is 0.487 e. The number of hydrogen-bond acceptors (Lipinski definition) is 2. The molecule has 1 aliphatic heterocycles. The second-order valence-electron chi connectivity index (χ2n) is 5.89. The van der Waals surface area contributed by atoms with Crippen LogP contribution in [-0.2, 0) is 0 Å². The van der Waals surface area contributed by atoms with Crippen LogP contribution in [0.25, 0.3) is 0 Å². The summed E-state index contributed by atoms with van der Waals surface area (Å²) in [5.41, 5.74) is 0.536. The highest BCUT2D eigenvalue weighted by Gasteiger charge is 2.36. The maximum Gasteiger partial charge on any atom is 0.126 e. The van der Waals surface area contributed by atoms with E-state index in [4.69, 9.17) is 16.3 Å². The molecule has 1 N–H and O–H groups in total. The zero-order valence-corrected chi connectivity index (χ0v) is 12.0. The van der Waals surface area contributed by atoms with Crippen LogP contribution in [0.4, 0.5) is 0 Å². The Morgan fingerprint density at radius 2 is 2.22 bits per heavy atom. The van der Waals surface area contributed by atoms with E-state index >= 15 is 0 Å². The molecule has 18 heavy (non-hydrogen) atoms. The molecule has 1 heterocycles. The van der Waals surface area contributed by atoms with E-state index in [2.05, 4.69) is 20.8 Å². The Balaban J connectivity index is 2.19. The monoisotopic (exact) mass is 268 g/mol. The van der Waals surface area contributed by atoms with Gasteiger partial charge in [-0.25, -0.2) is 0 Å². The Hall–Kier alpha value is -0.730. The smallest absolute Gasteiger partial charge is 0.126 e. The highest BCUT2D eigenvalue weighted by molar-refractivity contribution is 6.30. The molecule has 0 spiro atoms. The standard InChI is InChI=1S/C15H21ClO2/c1-10(2)6-7-15(3)9-13(17)12-8-11(16)4-5-14(12)18-15/h4-5,8,10,13,17H,6-7,9H2,1-3H3/t13-,15?/m0/s1. The van der Waals surface area contributed by atoms with E-state index < -0.39 is 6.10 Å². The highest BCUT2D eigenvalue weighted by atomic mass is 35.5. The summed E-state index contributed by atoms with van der Waals surface area (Å²) in [6.07, 6.45) is 2.22. The Morgan fingerprint density at radius 3 is 2.89 bits per heavy atom. The van der Waals surface area contributed by atoms with Crippen LogP contribution < -0.4 is 4.74 Å². The molecule has 0 fully saturated rings. The summed E-state index contributed by atoms with van der Waals surface area (Å²) < 4.78 is 6.08. The van der Waals surface area contributed by atoms with Crippen LogP contribution in [0.15, 0.2) is 18.2 Å². The summed E-state index contributed by atoms with van der Waals surface area (Å²) in [6, 6.07) is 5.46. The van der Waals surface area contributed by atoms with Gasteiger partial charge in [0.1, 0.15) is 11.4 Å². The molecule has 1 unspecified atom stereocenters. The second-order valence-corrected chi connectivity index (χ2v) is 6.32. The second kappa shape index (κ2) is 5.10. The zero-order chi connectivity index (χ0) is 13.3. The van der Waals surface area contributed by atoms with Crippen molar-refractivity contribution in [1.29, 1.82) is 0 Å². The van der Waals surface area contributed by atoms with E-state index in [-0.39, 0.29) is 5.60 Å². The van der Waals surface area contributed by atoms with E-state index in [1.807, 2.05) is 6.07 Å². The Kier molecular flexibility index (Phi) is 3.88. The van der Waals surface area contributed by atoms with Crippen molar-refractivity contribution >= 4 is 11.6 Å². The van der Waals surface area contributed by atoms with E-state index in [0.717, 1.165) is 24.2 Å². The first-order valence-electron chi connectivity index (χ1n) is 6.56. The van der Waals surface area contributed by atoms with Gasteiger partial charge < -0.3 is 9.84 Å². The third kappa shape index (κ3) is 2.99. The molecule has 0 aromatic heterocycles. The van der Waals surface area contributed by atoms with Gasteiger partial charge in [0.2, 0.25) is 0 Å². The lowest BCUT2D eigenvalue weighted by Crippen LogP contribution is -2.38. The molecule has 2 rings (SSSR count). The molecule has 0 amide bonds. The predicted octanol–water partition coefficient (Wildman–Crippen LogP) is 4.35. The minimum absolute atomic E-state index is 0.273. The average molecular weight is 269 g/mol. The van der Waals surface area contributed by atoms with Crippen molar-refractivity contribution < 1.29 is 9.84 Å². The molecule has 2 nitrogen and oxygen atoms in total. The fourth-order valence-electron chi connectivity index (χ4n) is 2.45. The summed E-state index contributed by atoms with van der Waals surface area (Å²) in [5, 5.41) is 10.9. The normalized spacial score (nSPS) is 26.9. The maximum atomic E-state index is 10.2. The fourth-order valence-corrected chi connectivity index (χ4v) is 2.63. The number of aliphatic hydroxyl groups excluding tert-OH is 1. The van der Waals surface area contributed by atoms with Crippen LogP contribution in [0.2, 0.25) is 5.02 Å². The third-order valence-electron chi connectivity index (χ3n) is 3.56. The number of rotatable bonds is 3. The maximum absolute atomic E-state index is 10.2. The Morgan fingerprint density at radius 1 is 1.50 bits per heavy atom. The quantitative estimate of drug-likeness (QED) is 0.883.